The van der Waals surface area contributed by atoms with Gasteiger partial charge < -0.3 is 15.6 Å². The maximum Gasteiger partial charge on any atom is 0.225 e. The van der Waals surface area contributed by atoms with Crippen LogP contribution in [0.3, 0.4) is 0 Å². The van der Waals surface area contributed by atoms with E-state index in [9.17, 15) is 0 Å². The molecule has 0 spiro atoms. The standard InChI is InChI=1S/C12H12ClN3O2/c13-10-7-11(16-12(14)15-10)18-9-4-2-1-3-8(9)5-6-17/h1-4,7,17H,5-6H2,(H2,14,15,16). The number of hydrogen-bond donors (Lipinski definition) is 2. The molecule has 1 aromatic heterocycles. The van der Waals surface area contributed by atoms with Gasteiger partial charge in [0.05, 0.1) is 0 Å². The Bertz CT molecular complexity index is 528. The van der Waals surface area contributed by atoms with Gasteiger partial charge in [-0.05, 0) is 18.1 Å². The average Bonchev–Trinajstić information content (AvgIpc) is 2.30. The van der Waals surface area contributed by atoms with E-state index < -0.39 is 0 Å². The Hall–Kier alpha value is -1.85. The first-order chi connectivity index (χ1) is 8.69. The molecular weight excluding hydrogens is 254 g/mol. The minimum Gasteiger partial charge on any atom is -0.439 e. The largest absolute Gasteiger partial charge is 0.439 e. The van der Waals surface area contributed by atoms with Gasteiger partial charge in [0.15, 0.2) is 0 Å². The summed E-state index contributed by atoms with van der Waals surface area (Å²) in [6.07, 6.45) is 0.504. The van der Waals surface area contributed by atoms with E-state index in [0.29, 0.717) is 12.2 Å². The highest BCUT2D eigenvalue weighted by Gasteiger charge is 2.07. The third kappa shape index (κ3) is 3.09. The van der Waals surface area contributed by atoms with Crippen molar-refractivity contribution in [3.05, 3.63) is 41.0 Å². The quantitative estimate of drug-likeness (QED) is 0.827. The molecule has 0 amide bonds. The van der Waals surface area contributed by atoms with Crippen molar-refractivity contribution in [1.82, 2.24) is 9.97 Å². The van der Waals surface area contributed by atoms with E-state index in [1.54, 1.807) is 6.07 Å². The molecule has 2 rings (SSSR count). The predicted molar refractivity (Wildman–Crippen MR) is 68.8 cm³/mol. The van der Waals surface area contributed by atoms with Gasteiger partial charge in [-0.25, -0.2) is 4.98 Å². The maximum absolute atomic E-state index is 8.98. The Kier molecular flexibility index (Phi) is 3.96. The lowest BCUT2D eigenvalue weighted by Crippen LogP contribution is -1.99. The van der Waals surface area contributed by atoms with Crippen LogP contribution in [0.15, 0.2) is 30.3 Å². The van der Waals surface area contributed by atoms with Gasteiger partial charge in [-0.1, -0.05) is 29.8 Å². The van der Waals surface area contributed by atoms with E-state index in [1.165, 1.54) is 6.07 Å². The van der Waals surface area contributed by atoms with Gasteiger partial charge in [0.2, 0.25) is 11.8 Å². The topological polar surface area (TPSA) is 81.3 Å². The second-order valence-corrected chi connectivity index (χ2v) is 3.96. The van der Waals surface area contributed by atoms with Crippen molar-refractivity contribution in [2.75, 3.05) is 12.3 Å². The second-order valence-electron chi connectivity index (χ2n) is 3.57. The van der Waals surface area contributed by atoms with Crippen molar-refractivity contribution < 1.29 is 9.84 Å². The molecule has 0 saturated heterocycles. The van der Waals surface area contributed by atoms with Crippen LogP contribution in [0.4, 0.5) is 5.95 Å². The van der Waals surface area contributed by atoms with Gasteiger partial charge in [-0.15, -0.1) is 0 Å². The van der Waals surface area contributed by atoms with E-state index in [0.717, 1.165) is 5.56 Å². The van der Waals surface area contributed by atoms with Crippen LogP contribution in [0, 0.1) is 0 Å². The zero-order valence-electron chi connectivity index (χ0n) is 9.51. The summed E-state index contributed by atoms with van der Waals surface area (Å²) in [6.45, 7) is 0.0487. The van der Waals surface area contributed by atoms with Gasteiger partial charge in [0.1, 0.15) is 10.9 Å². The highest BCUT2D eigenvalue weighted by atomic mass is 35.5. The number of aromatic nitrogens is 2. The molecule has 18 heavy (non-hydrogen) atoms. The van der Waals surface area contributed by atoms with Crippen LogP contribution < -0.4 is 10.5 Å². The molecule has 5 nitrogen and oxygen atoms in total. The normalized spacial score (nSPS) is 10.3. The van der Waals surface area contributed by atoms with E-state index in [-0.39, 0.29) is 23.6 Å². The van der Waals surface area contributed by atoms with Gasteiger partial charge >= 0.3 is 0 Å². The van der Waals surface area contributed by atoms with Gasteiger partial charge in [0, 0.05) is 12.7 Å². The van der Waals surface area contributed by atoms with Crippen molar-refractivity contribution in [2.24, 2.45) is 0 Å². The molecule has 3 N–H and O–H groups in total. The van der Waals surface area contributed by atoms with Crippen LogP contribution in [0.25, 0.3) is 0 Å². The molecule has 1 heterocycles. The number of ether oxygens (including phenoxy) is 1. The minimum absolute atomic E-state index is 0.0487. The Labute approximate surface area is 109 Å². The molecule has 0 radical (unpaired) electrons. The summed E-state index contributed by atoms with van der Waals surface area (Å²) in [5, 5.41) is 9.20. The summed E-state index contributed by atoms with van der Waals surface area (Å²) in [7, 11) is 0. The number of rotatable bonds is 4. The number of nitrogens with two attached hydrogens (primary N) is 1. The van der Waals surface area contributed by atoms with E-state index in [2.05, 4.69) is 9.97 Å². The van der Waals surface area contributed by atoms with Gasteiger partial charge in [-0.3, -0.25) is 0 Å². The molecule has 94 valence electrons. The fourth-order valence-electron chi connectivity index (χ4n) is 1.51. The van der Waals surface area contributed by atoms with E-state index in [1.807, 2.05) is 18.2 Å². The zero-order chi connectivity index (χ0) is 13.0. The van der Waals surface area contributed by atoms with Crippen molar-refractivity contribution in [2.45, 2.75) is 6.42 Å². The SMILES string of the molecule is Nc1nc(Cl)cc(Oc2ccccc2CCO)n1. The number of anilines is 1. The number of aliphatic hydroxyl groups is 1. The molecule has 0 aliphatic heterocycles. The molecule has 0 bridgehead atoms. The number of nitrogen functional groups attached to an aromatic ring is 1. The van der Waals surface area contributed by atoms with Gasteiger partial charge in [0.25, 0.3) is 0 Å². The molecular formula is C12H12ClN3O2. The minimum atomic E-state index is 0.0487. The van der Waals surface area contributed by atoms with Crippen LogP contribution in [0.1, 0.15) is 5.56 Å². The lowest BCUT2D eigenvalue weighted by atomic mass is 10.1. The summed E-state index contributed by atoms with van der Waals surface area (Å²) >= 11 is 5.77. The molecule has 2 aromatic rings. The molecule has 0 aliphatic carbocycles. The Morgan fingerprint density at radius 1 is 1.28 bits per heavy atom. The zero-order valence-corrected chi connectivity index (χ0v) is 10.3. The van der Waals surface area contributed by atoms with Crippen molar-refractivity contribution in [3.63, 3.8) is 0 Å². The van der Waals surface area contributed by atoms with Crippen LogP contribution in [-0.4, -0.2) is 21.7 Å². The summed E-state index contributed by atoms with van der Waals surface area (Å²) < 4.78 is 5.60. The summed E-state index contributed by atoms with van der Waals surface area (Å²) in [5.74, 6) is 0.941. The Morgan fingerprint density at radius 3 is 2.78 bits per heavy atom. The second kappa shape index (κ2) is 5.66. The number of hydrogen-bond acceptors (Lipinski definition) is 5. The first-order valence-corrected chi connectivity index (χ1v) is 5.73. The predicted octanol–water partition coefficient (Wildman–Crippen LogP) is 2.04. The third-order valence-corrected chi connectivity index (χ3v) is 2.45. The summed E-state index contributed by atoms with van der Waals surface area (Å²) in [6, 6.07) is 8.85. The lowest BCUT2D eigenvalue weighted by molar-refractivity contribution is 0.297. The number of aliphatic hydroxyl groups excluding tert-OH is 1. The molecule has 6 heteroatoms. The number of halogens is 1. The Balaban J connectivity index is 2.27. The van der Waals surface area contributed by atoms with Crippen molar-refractivity contribution in [1.29, 1.82) is 0 Å². The van der Waals surface area contributed by atoms with Crippen molar-refractivity contribution in [3.8, 4) is 11.6 Å². The average molecular weight is 266 g/mol. The number of nitrogens with zero attached hydrogens (tertiary/aromatic N) is 2. The smallest absolute Gasteiger partial charge is 0.225 e. The maximum atomic E-state index is 8.98. The van der Waals surface area contributed by atoms with E-state index in [4.69, 9.17) is 27.2 Å². The fourth-order valence-corrected chi connectivity index (χ4v) is 1.69. The van der Waals surface area contributed by atoms with Crippen molar-refractivity contribution >= 4 is 17.5 Å². The first kappa shape index (κ1) is 12.6. The molecule has 0 saturated carbocycles. The first-order valence-electron chi connectivity index (χ1n) is 5.35. The number of para-hydroxylation sites is 1. The van der Waals surface area contributed by atoms with Crippen LogP contribution in [-0.2, 0) is 6.42 Å². The molecule has 0 fully saturated rings. The fraction of sp³-hybridized carbons (Fsp3) is 0.167. The third-order valence-electron chi connectivity index (χ3n) is 2.26. The van der Waals surface area contributed by atoms with Crippen LogP contribution in [0.2, 0.25) is 5.15 Å². The monoisotopic (exact) mass is 265 g/mol. The number of benzene rings is 1. The highest BCUT2D eigenvalue weighted by molar-refractivity contribution is 6.29. The highest BCUT2D eigenvalue weighted by Crippen LogP contribution is 2.25. The molecule has 1 aromatic carbocycles. The summed E-state index contributed by atoms with van der Waals surface area (Å²) in [5.41, 5.74) is 6.37. The van der Waals surface area contributed by atoms with E-state index >= 15 is 0 Å². The van der Waals surface area contributed by atoms with Crippen LogP contribution in [0.5, 0.6) is 11.6 Å². The summed E-state index contributed by atoms with van der Waals surface area (Å²) in [4.78, 5) is 7.67. The molecule has 0 unspecified atom stereocenters. The molecule has 0 aliphatic rings. The van der Waals surface area contributed by atoms with Gasteiger partial charge in [-0.2, -0.15) is 4.98 Å². The molecule has 0 atom stereocenters. The lowest BCUT2D eigenvalue weighted by Gasteiger charge is -2.09. The van der Waals surface area contributed by atoms with Crippen LogP contribution >= 0.6 is 11.6 Å². The Morgan fingerprint density at radius 2 is 2.06 bits per heavy atom.